The van der Waals surface area contributed by atoms with Crippen molar-refractivity contribution in [1.82, 2.24) is 19.9 Å². The van der Waals surface area contributed by atoms with E-state index >= 15 is 0 Å². The minimum absolute atomic E-state index is 0. The van der Waals surface area contributed by atoms with E-state index in [1.165, 1.54) is 0 Å². The molecule has 0 N–H and O–H groups in total. The summed E-state index contributed by atoms with van der Waals surface area (Å²) in [4.78, 5) is 19.2. The number of fused-ring (bicyclic) bond motifs is 2. The van der Waals surface area contributed by atoms with Crippen LogP contribution in [0.1, 0.15) is 11.1 Å². The van der Waals surface area contributed by atoms with Gasteiger partial charge in [-0.15, -0.1) is 35.4 Å². The molecule has 0 aliphatic rings. The molecule has 294 valence electrons. The number of nitrogens with zero attached hydrogens (tertiary/aromatic N) is 4. The fourth-order valence-electron chi connectivity index (χ4n) is 6.82. The van der Waals surface area contributed by atoms with E-state index in [2.05, 4.69) is 98.8 Å². The van der Waals surface area contributed by atoms with Crippen molar-refractivity contribution in [3.63, 3.8) is 0 Å². The SMILES string of the molecule is Cc1c(-c2cc3ccccc3cn2)[c-]c(-c2ccccn2)cc1-c1cc(-c2ccccn2)[c-]c(-c2cc3ccccc3cn2)c1C.[Pt+2].[Pt+2].[c-]1ccccc1.[c-]1ccccc1. The molecule has 4 aromatic heterocycles. The smallest absolute Gasteiger partial charge is 0.295 e. The van der Waals surface area contributed by atoms with Gasteiger partial charge in [-0.1, -0.05) is 132 Å². The van der Waals surface area contributed by atoms with Crippen molar-refractivity contribution in [3.05, 3.63) is 230 Å². The molecule has 4 heterocycles. The topological polar surface area (TPSA) is 51.6 Å². The number of pyridine rings is 4. The van der Waals surface area contributed by atoms with Crippen molar-refractivity contribution in [2.45, 2.75) is 13.8 Å². The molecule has 0 aliphatic carbocycles. The Kier molecular flexibility index (Phi) is 15.3. The minimum atomic E-state index is 0. The molecular formula is C54H38N4Pt2. The van der Waals surface area contributed by atoms with Gasteiger partial charge < -0.3 is 0 Å². The molecule has 0 saturated heterocycles. The number of aromatic nitrogens is 4. The maximum absolute atomic E-state index is 4.91. The van der Waals surface area contributed by atoms with Gasteiger partial charge in [0.1, 0.15) is 0 Å². The second kappa shape index (κ2) is 21.2. The van der Waals surface area contributed by atoms with E-state index < -0.39 is 0 Å². The Hall–Kier alpha value is -6.18. The quantitative estimate of drug-likeness (QED) is 0.161. The summed E-state index contributed by atoms with van der Waals surface area (Å²) in [7, 11) is 0. The Morgan fingerprint density at radius 1 is 0.367 bits per heavy atom. The van der Waals surface area contributed by atoms with Crippen molar-refractivity contribution in [3.8, 4) is 56.2 Å². The van der Waals surface area contributed by atoms with Gasteiger partial charge in [0, 0.05) is 47.6 Å². The normalized spacial score (nSPS) is 10.2. The van der Waals surface area contributed by atoms with E-state index in [0.717, 1.165) is 88.8 Å². The van der Waals surface area contributed by atoms with Crippen molar-refractivity contribution in [2.75, 3.05) is 0 Å². The molecule has 4 nitrogen and oxygen atoms in total. The first-order valence-corrected chi connectivity index (χ1v) is 19.1. The Balaban J connectivity index is 0.000000372. The third-order valence-electron chi connectivity index (χ3n) is 9.81. The van der Waals surface area contributed by atoms with Crippen molar-refractivity contribution >= 4 is 21.5 Å². The molecule has 6 heteroatoms. The van der Waals surface area contributed by atoms with Crippen molar-refractivity contribution in [2.24, 2.45) is 0 Å². The van der Waals surface area contributed by atoms with Gasteiger partial charge in [-0.3, -0.25) is 19.9 Å². The van der Waals surface area contributed by atoms with Crippen LogP contribution < -0.4 is 0 Å². The minimum Gasteiger partial charge on any atom is -0.295 e. The van der Waals surface area contributed by atoms with Crippen LogP contribution in [0.25, 0.3) is 77.7 Å². The number of rotatable bonds is 5. The summed E-state index contributed by atoms with van der Waals surface area (Å²) < 4.78 is 0. The Labute approximate surface area is 381 Å². The molecule has 0 saturated carbocycles. The average Bonchev–Trinajstić information content (AvgIpc) is 3.31. The van der Waals surface area contributed by atoms with E-state index in [1.807, 2.05) is 134 Å². The molecule has 0 fully saturated rings. The van der Waals surface area contributed by atoms with Gasteiger partial charge in [-0.05, 0) is 33.7 Å². The molecule has 60 heavy (non-hydrogen) atoms. The Bertz CT molecular complexity index is 2650. The first-order valence-electron chi connectivity index (χ1n) is 19.1. The predicted octanol–water partition coefficient (Wildman–Crippen LogP) is 13.1. The summed E-state index contributed by atoms with van der Waals surface area (Å²) in [5.41, 5.74) is 11.5. The zero-order valence-corrected chi connectivity index (χ0v) is 37.4. The van der Waals surface area contributed by atoms with E-state index in [9.17, 15) is 0 Å². The molecule has 0 bridgehead atoms. The third-order valence-corrected chi connectivity index (χ3v) is 9.81. The zero-order chi connectivity index (χ0) is 39.5. The molecule has 0 radical (unpaired) electrons. The average molecular weight is 1130 g/mol. The van der Waals surface area contributed by atoms with E-state index in [0.29, 0.717) is 0 Å². The maximum Gasteiger partial charge on any atom is 2.00 e. The molecule has 0 amide bonds. The number of hydrogen-bond acceptors (Lipinski definition) is 4. The molecule has 0 unspecified atom stereocenters. The largest absolute Gasteiger partial charge is 2.00 e. The summed E-state index contributed by atoms with van der Waals surface area (Å²) in [6.07, 6.45) is 7.52. The molecule has 10 rings (SSSR count). The van der Waals surface area contributed by atoms with Gasteiger partial charge in [0.05, 0.1) is 0 Å². The van der Waals surface area contributed by atoms with Crippen LogP contribution in [0.15, 0.2) is 195 Å². The van der Waals surface area contributed by atoms with E-state index in [4.69, 9.17) is 19.9 Å². The molecule has 6 aromatic carbocycles. The van der Waals surface area contributed by atoms with Gasteiger partial charge in [0.2, 0.25) is 0 Å². The monoisotopic (exact) mass is 1130 g/mol. The van der Waals surface area contributed by atoms with Crippen LogP contribution in [0.3, 0.4) is 0 Å². The maximum atomic E-state index is 4.91. The van der Waals surface area contributed by atoms with Gasteiger partial charge in [0.15, 0.2) is 0 Å². The fourth-order valence-corrected chi connectivity index (χ4v) is 6.82. The molecule has 0 spiro atoms. The van der Waals surface area contributed by atoms with Crippen LogP contribution in [0.4, 0.5) is 0 Å². The standard InChI is InChI=1S/C42H28N4.2C6H5.2Pt/c1-27-35(19-33(39-15-7-9-17-43-39)21-37(27)41-23-29-11-3-5-13-31(29)25-45-41)36-20-34(40-16-8-10-18-44-40)22-38(28(36)2)42-24-30-12-4-6-14-32(30)26-46-42;2*1-2-4-6-5-3-1;;/h3-20,23-26H,1-2H3;2*1-5H;;/q-2;2*-1;2*+2. The zero-order valence-electron chi connectivity index (χ0n) is 32.9. The van der Waals surface area contributed by atoms with Crippen LogP contribution >= 0.6 is 0 Å². The first kappa shape index (κ1) is 43.4. The summed E-state index contributed by atoms with van der Waals surface area (Å²) >= 11 is 0. The van der Waals surface area contributed by atoms with Gasteiger partial charge in [-0.2, -0.15) is 72.8 Å². The van der Waals surface area contributed by atoms with Crippen molar-refractivity contribution < 1.29 is 42.1 Å². The van der Waals surface area contributed by atoms with Crippen LogP contribution in [-0.2, 0) is 42.1 Å². The Morgan fingerprint density at radius 2 is 0.750 bits per heavy atom. The summed E-state index contributed by atoms with van der Waals surface area (Å²) in [6, 6.07) is 69.6. The van der Waals surface area contributed by atoms with E-state index in [-0.39, 0.29) is 42.1 Å². The fraction of sp³-hybridized carbons (Fsp3) is 0.0370. The van der Waals surface area contributed by atoms with Crippen LogP contribution in [0.2, 0.25) is 0 Å². The van der Waals surface area contributed by atoms with Crippen LogP contribution in [-0.4, -0.2) is 19.9 Å². The number of hydrogen-bond donors (Lipinski definition) is 0. The first-order chi connectivity index (χ1) is 28.6. The van der Waals surface area contributed by atoms with Crippen LogP contribution in [0, 0.1) is 38.1 Å². The predicted molar refractivity (Wildman–Crippen MR) is 238 cm³/mol. The second-order valence-electron chi connectivity index (χ2n) is 13.6. The van der Waals surface area contributed by atoms with Gasteiger partial charge >= 0.3 is 42.1 Å². The second-order valence-corrected chi connectivity index (χ2v) is 13.6. The Morgan fingerprint density at radius 3 is 1.08 bits per heavy atom. The third kappa shape index (κ3) is 10.3. The molecule has 0 atom stereocenters. The molecular weight excluding hydrogens is 1090 g/mol. The van der Waals surface area contributed by atoms with Crippen LogP contribution in [0.5, 0.6) is 0 Å². The molecule has 0 aliphatic heterocycles. The number of benzene rings is 6. The van der Waals surface area contributed by atoms with Crippen molar-refractivity contribution in [1.29, 1.82) is 0 Å². The summed E-state index contributed by atoms with van der Waals surface area (Å²) in [5, 5.41) is 4.48. The summed E-state index contributed by atoms with van der Waals surface area (Å²) in [6.45, 7) is 4.32. The molecule has 10 aromatic rings. The van der Waals surface area contributed by atoms with Gasteiger partial charge in [-0.25, -0.2) is 0 Å². The summed E-state index contributed by atoms with van der Waals surface area (Å²) in [5.74, 6) is 0. The van der Waals surface area contributed by atoms with Gasteiger partial charge in [0.25, 0.3) is 0 Å². The van der Waals surface area contributed by atoms with E-state index in [1.54, 1.807) is 0 Å².